The van der Waals surface area contributed by atoms with Crippen LogP contribution in [0.4, 0.5) is 0 Å². The predicted octanol–water partition coefficient (Wildman–Crippen LogP) is -4.20. The van der Waals surface area contributed by atoms with Gasteiger partial charge in [-0.2, -0.15) is 0 Å². The Bertz CT molecular complexity index is 1960. The van der Waals surface area contributed by atoms with Crippen LogP contribution in [0.3, 0.4) is 0 Å². The number of carbonyl (C=O) groups excluding carboxylic acids is 4. The van der Waals surface area contributed by atoms with Gasteiger partial charge in [-0.3, -0.25) is 28.0 Å². The van der Waals surface area contributed by atoms with Crippen LogP contribution in [0.2, 0.25) is 0 Å². The van der Waals surface area contributed by atoms with Crippen LogP contribution >= 0.6 is 0 Å². The molecule has 1 aromatic rings. The van der Waals surface area contributed by atoms with Crippen LogP contribution in [-0.2, 0) is 59.2 Å². The number of hydrogen-bond donors (Lipinski definition) is 7. The van der Waals surface area contributed by atoms with Crippen LogP contribution < -0.4 is 40.2 Å². The van der Waals surface area contributed by atoms with E-state index in [4.69, 9.17) is 23.7 Å². The summed E-state index contributed by atoms with van der Waals surface area (Å²) < 4.78 is 69.3. The van der Waals surface area contributed by atoms with Crippen molar-refractivity contribution < 1.29 is 115 Å². The molecule has 0 bridgehead atoms. The van der Waals surface area contributed by atoms with Crippen molar-refractivity contribution in [2.75, 3.05) is 32.8 Å². The molecule has 26 heteroatoms. The second-order valence-corrected chi connectivity index (χ2v) is 20.1. The van der Waals surface area contributed by atoms with Crippen LogP contribution in [0, 0.1) is 17.8 Å². The van der Waals surface area contributed by atoms with Crippen molar-refractivity contribution in [3.63, 3.8) is 0 Å². The molecule has 24 nitrogen and oxygen atoms in total. The molecule has 3 saturated heterocycles. The zero-order valence-electron chi connectivity index (χ0n) is 40.5. The molecule has 15 atom stereocenters. The largest absolute Gasteiger partial charge is 1.00 e. The monoisotopic (exact) mass is 1030 g/mol. The van der Waals surface area contributed by atoms with Gasteiger partial charge in [-0.1, -0.05) is 50.7 Å². The molecule has 6 unspecified atom stereocenters. The molecule has 70 heavy (non-hydrogen) atoms. The Balaban J connectivity index is 0.00000913. The van der Waals surface area contributed by atoms with Crippen molar-refractivity contribution in [3.8, 4) is 0 Å². The van der Waals surface area contributed by atoms with Gasteiger partial charge in [0.05, 0.1) is 37.7 Å². The van der Waals surface area contributed by atoms with E-state index in [1.165, 1.54) is 24.7 Å². The maximum absolute atomic E-state index is 14.1. The van der Waals surface area contributed by atoms with Gasteiger partial charge in [-0.25, -0.2) is 8.42 Å². The number of likely N-dealkylation sites (tertiary alicyclic amines) is 1. The Morgan fingerprint density at radius 1 is 0.943 bits per heavy atom. The first-order chi connectivity index (χ1) is 32.9. The summed E-state index contributed by atoms with van der Waals surface area (Å²) in [6, 6.07) is -1.24. The second-order valence-electron chi connectivity index (χ2n) is 19.0. The third-order valence-corrected chi connectivity index (χ3v) is 14.5. The third kappa shape index (κ3) is 15.9. The first-order valence-corrected chi connectivity index (χ1v) is 25.7. The number of rotatable bonds is 23. The maximum atomic E-state index is 14.1. The van der Waals surface area contributed by atoms with Gasteiger partial charge in [0.2, 0.25) is 16.3 Å². The Kier molecular flexibility index (Phi) is 22.8. The molecule has 7 N–H and O–H groups in total. The number of carbonyl (C=O) groups is 4. The molecule has 2 aliphatic carbocycles. The van der Waals surface area contributed by atoms with Gasteiger partial charge in [-0.15, -0.1) is 5.10 Å². The number of nitrogens with zero attached hydrogens (tertiary/aromatic N) is 4. The van der Waals surface area contributed by atoms with E-state index >= 15 is 0 Å². The van der Waals surface area contributed by atoms with Gasteiger partial charge in [0.15, 0.2) is 18.3 Å². The summed E-state index contributed by atoms with van der Waals surface area (Å²) in [7, 11) is -4.83. The molecule has 0 spiro atoms. The zero-order valence-corrected chi connectivity index (χ0v) is 43.3. The van der Waals surface area contributed by atoms with Crippen molar-refractivity contribution >= 4 is 33.9 Å². The normalized spacial score (nSPS) is 33.4. The summed E-state index contributed by atoms with van der Waals surface area (Å²) in [4.78, 5) is 55.5. The SMILES string of the molecule is CCC1CC(C(=O)CCCNC(=O)c2cn(CCCOS(=O)(=O)[O-])nn2)C[C@@H](O[C@@H]2O[C@@H](CO)[C@H](O)C(O[C@@H](CC3CCCCC3)C(=O)N3CCC3)C2NC(C)=O)[C@@H]1O[C@@H]1OC(C)[C@@H](O)[C@H](O)C1O.[Na+]. The first-order valence-electron chi connectivity index (χ1n) is 24.3. The fraction of sp³-hybridized carbons (Fsp3) is 0.864. The Hall–Kier alpha value is -2.31. The van der Waals surface area contributed by atoms with Gasteiger partial charge in [0, 0.05) is 45.4 Å². The van der Waals surface area contributed by atoms with Crippen LogP contribution in [0.25, 0.3) is 0 Å². The van der Waals surface area contributed by atoms with E-state index in [0.29, 0.717) is 32.4 Å². The Morgan fingerprint density at radius 2 is 1.67 bits per heavy atom. The number of aliphatic hydroxyl groups is 5. The molecule has 3 aliphatic heterocycles. The van der Waals surface area contributed by atoms with Gasteiger partial charge in [0.25, 0.3) is 11.8 Å². The summed E-state index contributed by atoms with van der Waals surface area (Å²) in [6.07, 6.45) is -6.91. The number of aromatic nitrogens is 3. The van der Waals surface area contributed by atoms with Gasteiger partial charge >= 0.3 is 29.6 Å². The number of amides is 3. The fourth-order valence-electron chi connectivity index (χ4n) is 10.0. The molecule has 392 valence electrons. The van der Waals surface area contributed by atoms with Crippen molar-refractivity contribution in [3.05, 3.63) is 11.9 Å². The van der Waals surface area contributed by atoms with Crippen molar-refractivity contribution in [2.24, 2.45) is 17.8 Å². The number of aryl methyl sites for hydroxylation is 1. The molecule has 2 saturated carbocycles. The minimum atomic E-state index is -4.83. The first kappa shape index (κ1) is 58.6. The number of hydrogen-bond acceptors (Lipinski definition) is 20. The standard InChI is InChI=1S/C44H72N6O18S.Na/c1-4-27-20-28(30(53)13-8-14-45-41(58)29-22-50(48-47-29)17-10-18-63-69(60,61)62)21-31(39(27)68-44-38(57)37(56)35(54)24(2)64-44)66-43-34(46-25(3)52)40(36(55)33(23-51)67-43)65-32(42(59)49-15-9-16-49)19-26-11-6-5-7-12-26;/h22,24,26-28,31-40,43-44,51,54-57H,4-21,23H2,1-3H3,(H,45,58)(H,46,52)(H,60,61,62);/q;+1/p-1/t24?,27?,28?,31-,32+,33+,34?,35-,36+,37+,38?,39-,40?,43-,44+;/m1./s1. The molecular weight excluding hydrogens is 956 g/mol. The van der Waals surface area contributed by atoms with Crippen LogP contribution in [0.1, 0.15) is 115 Å². The minimum absolute atomic E-state index is 0. The minimum Gasteiger partial charge on any atom is -0.726 e. The second kappa shape index (κ2) is 27.3. The van der Waals surface area contributed by atoms with E-state index in [1.807, 2.05) is 6.92 Å². The molecule has 1 aromatic heterocycles. The number of aliphatic hydroxyl groups excluding tert-OH is 5. The predicted molar refractivity (Wildman–Crippen MR) is 236 cm³/mol. The van der Waals surface area contributed by atoms with Crippen LogP contribution in [0.5, 0.6) is 0 Å². The Morgan fingerprint density at radius 3 is 2.31 bits per heavy atom. The topological polar surface area (TPSA) is 340 Å². The van der Waals surface area contributed by atoms with Crippen LogP contribution in [-0.4, -0.2) is 194 Å². The summed E-state index contributed by atoms with van der Waals surface area (Å²) in [5.41, 5.74) is -0.0279. The van der Waals surface area contributed by atoms with Gasteiger partial charge in [-0.05, 0) is 57.3 Å². The van der Waals surface area contributed by atoms with E-state index in [0.717, 1.165) is 38.5 Å². The summed E-state index contributed by atoms with van der Waals surface area (Å²) >= 11 is 0. The molecular formula is C44H71N6NaO18S. The van der Waals surface area contributed by atoms with E-state index < -0.39 is 120 Å². The van der Waals surface area contributed by atoms with E-state index in [9.17, 15) is 57.7 Å². The number of nitrogens with one attached hydrogen (secondary N) is 2. The summed E-state index contributed by atoms with van der Waals surface area (Å²) in [6.45, 7) is 4.95. The molecule has 4 heterocycles. The number of Topliss-reactive ketones (excluding diaryl/α,β-unsaturated/α-hetero) is 1. The number of ether oxygens (including phenoxy) is 5. The molecule has 0 radical (unpaired) electrons. The average Bonchev–Trinajstić information content (AvgIpc) is 3.78. The molecule has 5 aliphatic rings. The van der Waals surface area contributed by atoms with Crippen molar-refractivity contribution in [2.45, 2.75) is 190 Å². The summed E-state index contributed by atoms with van der Waals surface area (Å²) in [5.74, 6) is -2.36. The van der Waals surface area contributed by atoms with E-state index in [2.05, 4.69) is 25.1 Å². The Labute approximate surface area is 430 Å². The number of ketones is 1. The van der Waals surface area contributed by atoms with Crippen molar-refractivity contribution in [1.82, 2.24) is 30.5 Å². The molecule has 3 amide bonds. The quantitative estimate of drug-likeness (QED) is 0.0237. The van der Waals surface area contributed by atoms with E-state index in [-0.39, 0.29) is 98.2 Å². The maximum Gasteiger partial charge on any atom is 1.00 e. The zero-order chi connectivity index (χ0) is 50.0. The van der Waals surface area contributed by atoms with Crippen molar-refractivity contribution in [1.29, 1.82) is 0 Å². The average molecular weight is 1030 g/mol. The van der Waals surface area contributed by atoms with E-state index in [1.54, 1.807) is 4.90 Å². The summed E-state index contributed by atoms with van der Waals surface area (Å²) in [5, 5.41) is 67.6. The van der Waals surface area contributed by atoms with Crippen LogP contribution in [0.15, 0.2) is 6.20 Å². The van der Waals surface area contributed by atoms with Gasteiger partial charge < -0.3 is 69.3 Å². The smallest absolute Gasteiger partial charge is 0.726 e. The van der Waals surface area contributed by atoms with Gasteiger partial charge in [0.1, 0.15) is 54.6 Å². The third-order valence-electron chi connectivity index (χ3n) is 14.0. The molecule has 5 fully saturated rings. The molecule has 6 rings (SSSR count). The fourth-order valence-corrected chi connectivity index (χ4v) is 10.3. The molecule has 0 aromatic carbocycles.